The average Bonchev–Trinajstić information content (AvgIpc) is 2.99. The van der Waals surface area contributed by atoms with Crippen LogP contribution in [0.2, 0.25) is 0 Å². The molecule has 1 aliphatic rings. The fourth-order valence-electron chi connectivity index (χ4n) is 3.82. The predicted octanol–water partition coefficient (Wildman–Crippen LogP) is 2.37. The minimum Gasteiger partial charge on any atom is -0.383 e. The number of hydrogen-bond donors (Lipinski definition) is 1. The smallest absolute Gasteiger partial charge is 0.250 e. The monoisotopic (exact) mass is 344 g/mol. The van der Waals surface area contributed by atoms with Gasteiger partial charge in [0.2, 0.25) is 0 Å². The van der Waals surface area contributed by atoms with Crippen LogP contribution in [0.25, 0.3) is 11.0 Å². The van der Waals surface area contributed by atoms with Gasteiger partial charge in [0.05, 0.1) is 17.7 Å². The second-order valence-electron chi connectivity index (χ2n) is 6.77. The normalized spacial score (nSPS) is 16.6. The summed E-state index contributed by atoms with van der Waals surface area (Å²) in [6.07, 6.45) is 3.39. The highest BCUT2D eigenvalue weighted by atomic mass is 16.5. The first-order valence-corrected chi connectivity index (χ1v) is 9.16. The highest BCUT2D eigenvalue weighted by molar-refractivity contribution is 6.04. The second-order valence-corrected chi connectivity index (χ2v) is 6.77. The van der Waals surface area contributed by atoms with E-state index in [9.17, 15) is 4.79 Å². The minimum absolute atomic E-state index is 0.415. The van der Waals surface area contributed by atoms with Crippen LogP contribution in [-0.4, -0.2) is 53.7 Å². The number of aromatic nitrogens is 2. The van der Waals surface area contributed by atoms with Crippen molar-refractivity contribution >= 4 is 16.9 Å². The zero-order valence-electron chi connectivity index (χ0n) is 15.2. The van der Waals surface area contributed by atoms with Crippen molar-refractivity contribution in [2.24, 2.45) is 5.73 Å². The van der Waals surface area contributed by atoms with Gasteiger partial charge in [-0.1, -0.05) is 13.0 Å². The van der Waals surface area contributed by atoms with E-state index in [2.05, 4.69) is 16.4 Å². The Labute approximate surface area is 149 Å². The standard InChI is InChI=1S/C19H28N4O2/c1-3-9-22-10-7-14(8-11-22)19-21-17-15(18(20)24)5-4-6-16(17)23(19)12-13-25-2/h4-6,14H,3,7-13H2,1-2H3,(H2,20,24). The van der Waals surface area contributed by atoms with Gasteiger partial charge in [-0.05, 0) is 51.0 Å². The summed E-state index contributed by atoms with van der Waals surface area (Å²) in [5.74, 6) is 1.06. The van der Waals surface area contributed by atoms with E-state index < -0.39 is 5.91 Å². The Morgan fingerprint density at radius 1 is 1.32 bits per heavy atom. The lowest BCUT2D eigenvalue weighted by atomic mass is 9.95. The summed E-state index contributed by atoms with van der Waals surface area (Å²) in [6.45, 7) is 6.96. The molecular formula is C19H28N4O2. The second kappa shape index (κ2) is 7.97. The quantitative estimate of drug-likeness (QED) is 0.837. The first-order chi connectivity index (χ1) is 12.2. The SMILES string of the molecule is CCCN1CCC(c2nc3c(C(N)=O)cccc3n2CCOC)CC1. The van der Waals surface area contributed by atoms with Gasteiger partial charge in [-0.25, -0.2) is 4.98 Å². The molecule has 0 atom stereocenters. The van der Waals surface area contributed by atoms with E-state index in [-0.39, 0.29) is 0 Å². The number of imidazole rings is 1. The van der Waals surface area contributed by atoms with Gasteiger partial charge in [0.25, 0.3) is 5.91 Å². The van der Waals surface area contributed by atoms with Crippen molar-refractivity contribution in [3.63, 3.8) is 0 Å². The zero-order valence-corrected chi connectivity index (χ0v) is 15.2. The number of nitrogens with two attached hydrogens (primary N) is 1. The van der Waals surface area contributed by atoms with Crippen LogP contribution in [0.5, 0.6) is 0 Å². The topological polar surface area (TPSA) is 73.4 Å². The van der Waals surface area contributed by atoms with Gasteiger partial charge in [0.15, 0.2) is 0 Å². The number of benzene rings is 1. The van der Waals surface area contributed by atoms with Crippen LogP contribution in [0.4, 0.5) is 0 Å². The van der Waals surface area contributed by atoms with Crippen LogP contribution in [0.3, 0.4) is 0 Å². The Bertz CT molecular complexity index is 732. The van der Waals surface area contributed by atoms with Gasteiger partial charge in [-0.15, -0.1) is 0 Å². The lowest BCUT2D eigenvalue weighted by Gasteiger charge is -2.31. The van der Waals surface area contributed by atoms with Crippen LogP contribution in [0.15, 0.2) is 18.2 Å². The van der Waals surface area contributed by atoms with Crippen molar-refractivity contribution in [3.8, 4) is 0 Å². The fourth-order valence-corrected chi connectivity index (χ4v) is 3.82. The molecule has 3 rings (SSSR count). The fraction of sp³-hybridized carbons (Fsp3) is 0.579. The molecule has 0 spiro atoms. The molecular weight excluding hydrogens is 316 g/mol. The van der Waals surface area contributed by atoms with E-state index in [1.807, 2.05) is 12.1 Å². The molecule has 0 aliphatic carbocycles. The summed E-state index contributed by atoms with van der Waals surface area (Å²) in [7, 11) is 1.71. The highest BCUT2D eigenvalue weighted by Crippen LogP contribution is 2.31. The molecule has 1 aromatic heterocycles. The summed E-state index contributed by atoms with van der Waals surface area (Å²) >= 11 is 0. The lowest BCUT2D eigenvalue weighted by molar-refractivity contribution is 0.100. The van der Waals surface area contributed by atoms with Crippen LogP contribution in [0.1, 0.15) is 48.3 Å². The van der Waals surface area contributed by atoms with Crippen molar-refractivity contribution in [2.75, 3.05) is 33.4 Å². The van der Waals surface area contributed by atoms with Crippen LogP contribution in [-0.2, 0) is 11.3 Å². The van der Waals surface area contributed by atoms with Gasteiger partial charge in [0.1, 0.15) is 11.3 Å². The van der Waals surface area contributed by atoms with Crippen LogP contribution < -0.4 is 5.73 Å². The third-order valence-electron chi connectivity index (χ3n) is 5.09. The number of rotatable bonds is 7. The number of nitrogens with zero attached hydrogens (tertiary/aromatic N) is 3. The minimum atomic E-state index is -0.425. The Morgan fingerprint density at radius 2 is 2.08 bits per heavy atom. The number of amides is 1. The molecule has 1 saturated heterocycles. The first kappa shape index (κ1) is 17.9. The van der Waals surface area contributed by atoms with Crippen molar-refractivity contribution in [2.45, 2.75) is 38.6 Å². The van der Waals surface area contributed by atoms with Gasteiger partial charge >= 0.3 is 0 Å². The van der Waals surface area contributed by atoms with E-state index >= 15 is 0 Å². The Morgan fingerprint density at radius 3 is 2.72 bits per heavy atom. The average molecular weight is 344 g/mol. The van der Waals surface area contributed by atoms with E-state index in [4.69, 9.17) is 15.5 Å². The van der Waals surface area contributed by atoms with Crippen LogP contribution >= 0.6 is 0 Å². The zero-order chi connectivity index (χ0) is 17.8. The summed E-state index contributed by atoms with van der Waals surface area (Å²) in [5.41, 5.74) is 7.74. The first-order valence-electron chi connectivity index (χ1n) is 9.16. The Kier molecular flexibility index (Phi) is 5.71. The maximum Gasteiger partial charge on any atom is 0.250 e. The maximum atomic E-state index is 11.8. The molecule has 6 nitrogen and oxygen atoms in total. The van der Waals surface area contributed by atoms with Gasteiger partial charge in [-0.3, -0.25) is 4.79 Å². The van der Waals surface area contributed by atoms with Crippen molar-refractivity contribution < 1.29 is 9.53 Å². The Balaban J connectivity index is 1.96. The molecule has 6 heteroatoms. The number of para-hydroxylation sites is 1. The molecule has 1 aliphatic heterocycles. The lowest BCUT2D eigenvalue weighted by Crippen LogP contribution is -2.34. The molecule has 0 unspecified atom stereocenters. The van der Waals surface area contributed by atoms with E-state index in [1.54, 1.807) is 13.2 Å². The van der Waals surface area contributed by atoms with Gasteiger partial charge in [-0.2, -0.15) is 0 Å². The summed E-state index contributed by atoms with van der Waals surface area (Å²) in [6, 6.07) is 5.65. The number of primary amides is 1. The summed E-state index contributed by atoms with van der Waals surface area (Å²) in [4.78, 5) is 19.2. The molecule has 1 aromatic carbocycles. The van der Waals surface area contributed by atoms with E-state index in [1.165, 1.54) is 13.0 Å². The maximum absolute atomic E-state index is 11.8. The number of methoxy groups -OCH3 is 1. The number of carbonyl (C=O) groups is 1. The molecule has 0 saturated carbocycles. The number of fused-ring (bicyclic) bond motifs is 1. The van der Waals surface area contributed by atoms with E-state index in [0.717, 1.165) is 49.3 Å². The largest absolute Gasteiger partial charge is 0.383 e. The van der Waals surface area contributed by atoms with Gasteiger partial charge in [0, 0.05) is 19.6 Å². The number of ether oxygens (including phenoxy) is 1. The molecule has 0 bridgehead atoms. The molecule has 1 fully saturated rings. The van der Waals surface area contributed by atoms with Gasteiger partial charge < -0.3 is 19.9 Å². The Hall–Kier alpha value is -1.92. The van der Waals surface area contributed by atoms with Crippen molar-refractivity contribution in [1.29, 1.82) is 0 Å². The van der Waals surface area contributed by atoms with E-state index in [0.29, 0.717) is 18.1 Å². The summed E-state index contributed by atoms with van der Waals surface area (Å²) in [5, 5.41) is 0. The molecule has 2 N–H and O–H groups in total. The third kappa shape index (κ3) is 3.70. The summed E-state index contributed by atoms with van der Waals surface area (Å²) < 4.78 is 7.50. The predicted molar refractivity (Wildman–Crippen MR) is 98.8 cm³/mol. The highest BCUT2D eigenvalue weighted by Gasteiger charge is 2.26. The molecule has 1 amide bonds. The molecule has 2 heterocycles. The number of piperidine rings is 1. The van der Waals surface area contributed by atoms with Crippen molar-refractivity contribution in [1.82, 2.24) is 14.5 Å². The number of likely N-dealkylation sites (tertiary alicyclic amines) is 1. The molecule has 25 heavy (non-hydrogen) atoms. The molecule has 0 radical (unpaired) electrons. The molecule has 136 valence electrons. The third-order valence-corrected chi connectivity index (χ3v) is 5.09. The van der Waals surface area contributed by atoms with Crippen LogP contribution in [0, 0.1) is 0 Å². The number of carbonyl (C=O) groups excluding carboxylic acids is 1. The molecule has 2 aromatic rings. The number of hydrogen-bond acceptors (Lipinski definition) is 4. The van der Waals surface area contributed by atoms with Crippen molar-refractivity contribution in [3.05, 3.63) is 29.6 Å².